The second-order valence-corrected chi connectivity index (χ2v) is 14.1. The molecular weight excluding hydrogens is 663 g/mol. The van der Waals surface area contributed by atoms with E-state index in [9.17, 15) is 19.5 Å². The lowest BCUT2D eigenvalue weighted by Crippen LogP contribution is -2.50. The molecule has 1 saturated carbocycles. The molecule has 1 aromatic carbocycles. The van der Waals surface area contributed by atoms with Gasteiger partial charge in [-0.1, -0.05) is 48.5 Å². The van der Waals surface area contributed by atoms with Gasteiger partial charge >= 0.3 is 11.9 Å². The van der Waals surface area contributed by atoms with Gasteiger partial charge in [0.2, 0.25) is 5.91 Å². The molecule has 1 unspecified atom stereocenters. The Bertz CT molecular complexity index is 1490. The first kappa shape index (κ1) is 35.3. The monoisotopic (exact) mass is 704 g/mol. The highest BCUT2D eigenvalue weighted by Crippen LogP contribution is 2.46. The van der Waals surface area contributed by atoms with Crippen LogP contribution in [0.1, 0.15) is 67.9 Å². The molecule has 13 heteroatoms. The van der Waals surface area contributed by atoms with Crippen molar-refractivity contribution in [2.45, 2.75) is 69.3 Å². The molecule has 1 saturated heterocycles. The summed E-state index contributed by atoms with van der Waals surface area (Å²) in [5, 5.41) is 17.5. The smallest absolute Gasteiger partial charge is 0.336 e. The van der Waals surface area contributed by atoms with Gasteiger partial charge in [-0.3, -0.25) is 9.69 Å². The second-order valence-electron chi connectivity index (χ2n) is 12.3. The van der Waals surface area contributed by atoms with Crippen LogP contribution in [0.4, 0.5) is 0 Å². The molecule has 2 N–H and O–H groups in total. The molecular formula is C34H42Cl2N4O6S. The van der Waals surface area contributed by atoms with E-state index in [2.05, 4.69) is 15.2 Å². The van der Waals surface area contributed by atoms with Crippen molar-refractivity contribution in [3.8, 4) is 0 Å². The van der Waals surface area contributed by atoms with Crippen molar-refractivity contribution in [1.29, 1.82) is 0 Å². The molecule has 3 aliphatic rings. The average molecular weight is 706 g/mol. The number of amides is 1. The fourth-order valence-corrected chi connectivity index (χ4v) is 8.08. The van der Waals surface area contributed by atoms with E-state index in [1.54, 1.807) is 29.3 Å². The molecule has 0 radical (unpaired) electrons. The van der Waals surface area contributed by atoms with E-state index >= 15 is 0 Å². The number of aliphatic hydroxyl groups is 1. The molecule has 1 amide bonds. The Balaban J connectivity index is 1.42. The fourth-order valence-electron chi connectivity index (χ4n) is 6.84. The van der Waals surface area contributed by atoms with Crippen molar-refractivity contribution in [1.82, 2.24) is 20.1 Å². The van der Waals surface area contributed by atoms with Gasteiger partial charge in [-0.15, -0.1) is 11.3 Å². The number of carbonyl (C=O) groups excluding carboxylic acids is 3. The molecule has 0 bridgehead atoms. The van der Waals surface area contributed by atoms with Crippen molar-refractivity contribution >= 4 is 52.4 Å². The zero-order valence-corrected chi connectivity index (χ0v) is 29.2. The van der Waals surface area contributed by atoms with Crippen LogP contribution in [0, 0.1) is 0 Å². The minimum atomic E-state index is -1.05. The summed E-state index contributed by atoms with van der Waals surface area (Å²) >= 11 is 14.9. The third-order valence-electron chi connectivity index (χ3n) is 9.43. The van der Waals surface area contributed by atoms with Gasteiger partial charge in [0.15, 0.2) is 0 Å². The predicted molar refractivity (Wildman–Crippen MR) is 181 cm³/mol. The van der Waals surface area contributed by atoms with Crippen LogP contribution in [0.25, 0.3) is 0 Å². The molecule has 1 aliphatic carbocycles. The second kappa shape index (κ2) is 16.0. The van der Waals surface area contributed by atoms with E-state index < -0.39 is 23.5 Å². The van der Waals surface area contributed by atoms with Crippen LogP contribution < -0.4 is 5.32 Å². The topological polar surface area (TPSA) is 121 Å². The predicted octanol–water partition coefficient (Wildman–Crippen LogP) is 5.24. The summed E-state index contributed by atoms with van der Waals surface area (Å²) in [6.07, 6.45) is 8.23. The number of allylic oxidation sites excluding steroid dienone is 1. The van der Waals surface area contributed by atoms with Crippen LogP contribution in [-0.2, 0) is 30.3 Å². The van der Waals surface area contributed by atoms with Crippen molar-refractivity contribution in [2.24, 2.45) is 0 Å². The quantitative estimate of drug-likeness (QED) is 0.303. The Kier molecular flexibility index (Phi) is 12.0. The highest BCUT2D eigenvalue weighted by atomic mass is 35.5. The number of aryl methyl sites for hydroxylation is 1. The third-order valence-corrected chi connectivity index (χ3v) is 10.9. The number of halogens is 2. The van der Waals surface area contributed by atoms with Crippen LogP contribution in [0.15, 0.2) is 52.3 Å². The molecule has 254 valence electrons. The number of thiazole rings is 1. The first-order chi connectivity index (χ1) is 22.6. The molecule has 2 aliphatic heterocycles. The summed E-state index contributed by atoms with van der Waals surface area (Å²) < 4.78 is 10.5. The standard InChI is InChI=1S/C34H42Cl2N4O6S/c1-45-32(42)29-24(9-10-26-37-14-20-47-26)38-25(30(33(43)46-2)31(29)28-22(35)7-6-8-23(28)36)21-27(41)40-18-16-39(17-19-40)15-13-34(44)11-4-3-5-12-34/h6-8,14,20,31,38,44H,3-5,9-13,15-19,21H2,1-2H3. The number of rotatable bonds is 11. The zero-order chi connectivity index (χ0) is 33.6. The van der Waals surface area contributed by atoms with Crippen molar-refractivity contribution in [3.63, 3.8) is 0 Å². The maximum Gasteiger partial charge on any atom is 0.336 e. The minimum absolute atomic E-state index is 0.0774. The maximum atomic E-state index is 13.9. The highest BCUT2D eigenvalue weighted by molar-refractivity contribution is 7.09. The summed E-state index contributed by atoms with van der Waals surface area (Å²) in [6, 6.07) is 4.96. The zero-order valence-electron chi connectivity index (χ0n) is 26.9. The van der Waals surface area contributed by atoms with Crippen LogP contribution in [0.5, 0.6) is 0 Å². The van der Waals surface area contributed by atoms with Crippen molar-refractivity contribution in [3.05, 3.63) is 72.9 Å². The Hall–Kier alpha value is -2.96. The van der Waals surface area contributed by atoms with Crippen molar-refractivity contribution in [2.75, 3.05) is 46.9 Å². The van der Waals surface area contributed by atoms with E-state index in [0.29, 0.717) is 56.0 Å². The van der Waals surface area contributed by atoms with E-state index in [1.165, 1.54) is 32.0 Å². The molecule has 0 spiro atoms. The number of piperazine rings is 1. The Morgan fingerprint density at radius 2 is 1.62 bits per heavy atom. The SMILES string of the molecule is COC(=O)C1=C(CCc2nccs2)NC(CC(=O)N2CCN(CCC3(O)CCCCC3)CC2)=C(C(=O)OC)C1c1c(Cl)cccc1Cl. The molecule has 47 heavy (non-hydrogen) atoms. The summed E-state index contributed by atoms with van der Waals surface area (Å²) in [7, 11) is 2.53. The molecule has 2 fully saturated rings. The molecule has 3 heterocycles. The number of benzene rings is 1. The van der Waals surface area contributed by atoms with E-state index in [-0.39, 0.29) is 33.5 Å². The van der Waals surface area contributed by atoms with Gasteiger partial charge < -0.3 is 24.8 Å². The number of nitrogens with one attached hydrogen (secondary N) is 1. The normalized spacial score (nSPS) is 20.2. The highest BCUT2D eigenvalue weighted by Gasteiger charge is 2.42. The molecule has 2 aromatic rings. The van der Waals surface area contributed by atoms with Gasteiger partial charge in [0, 0.05) is 77.7 Å². The number of ether oxygens (including phenoxy) is 2. The van der Waals surface area contributed by atoms with Gasteiger partial charge in [0.05, 0.1) is 48.3 Å². The molecule has 10 nitrogen and oxygen atoms in total. The van der Waals surface area contributed by atoms with E-state index in [0.717, 1.165) is 43.7 Å². The van der Waals surface area contributed by atoms with Gasteiger partial charge in [0.25, 0.3) is 0 Å². The Morgan fingerprint density at radius 3 is 2.21 bits per heavy atom. The number of hydrogen-bond donors (Lipinski definition) is 2. The third kappa shape index (κ3) is 8.37. The Morgan fingerprint density at radius 1 is 0.979 bits per heavy atom. The number of aromatic nitrogens is 1. The average Bonchev–Trinajstić information content (AvgIpc) is 3.60. The van der Waals surface area contributed by atoms with Crippen molar-refractivity contribution < 1.29 is 29.0 Å². The number of dihydropyridines is 1. The number of carbonyl (C=O) groups is 3. The largest absolute Gasteiger partial charge is 0.466 e. The van der Waals surface area contributed by atoms with E-state index in [1.807, 2.05) is 5.38 Å². The first-order valence-electron chi connectivity index (χ1n) is 16.1. The number of esters is 2. The number of methoxy groups -OCH3 is 2. The lowest BCUT2D eigenvalue weighted by atomic mass is 9.78. The molecule has 1 aromatic heterocycles. The fraction of sp³-hybridized carbons (Fsp3) is 0.529. The minimum Gasteiger partial charge on any atom is -0.466 e. The van der Waals surface area contributed by atoms with Crippen LogP contribution in [-0.4, -0.2) is 90.3 Å². The van der Waals surface area contributed by atoms with Crippen LogP contribution in [0.3, 0.4) is 0 Å². The molecule has 5 rings (SSSR count). The van der Waals surface area contributed by atoms with E-state index in [4.69, 9.17) is 32.7 Å². The summed E-state index contributed by atoms with van der Waals surface area (Å²) in [5.74, 6) is -2.58. The number of hydrogen-bond acceptors (Lipinski definition) is 10. The van der Waals surface area contributed by atoms with Gasteiger partial charge in [0.1, 0.15) is 0 Å². The summed E-state index contributed by atoms with van der Waals surface area (Å²) in [5.41, 5.74) is 0.838. The number of nitrogens with zero attached hydrogens (tertiary/aromatic N) is 3. The molecule has 1 atom stereocenters. The Labute approximate surface area is 289 Å². The first-order valence-corrected chi connectivity index (χ1v) is 17.7. The van der Waals surface area contributed by atoms with Gasteiger partial charge in [-0.25, -0.2) is 14.6 Å². The van der Waals surface area contributed by atoms with Crippen LogP contribution in [0.2, 0.25) is 10.0 Å². The van der Waals surface area contributed by atoms with Crippen LogP contribution >= 0.6 is 34.5 Å². The maximum absolute atomic E-state index is 13.9. The van der Waals surface area contributed by atoms with Gasteiger partial charge in [-0.05, 0) is 37.8 Å². The summed E-state index contributed by atoms with van der Waals surface area (Å²) in [6.45, 7) is 3.24. The lowest BCUT2D eigenvalue weighted by Gasteiger charge is -2.38. The van der Waals surface area contributed by atoms with Gasteiger partial charge in [-0.2, -0.15) is 0 Å². The summed E-state index contributed by atoms with van der Waals surface area (Å²) in [4.78, 5) is 49.4. The lowest BCUT2D eigenvalue weighted by molar-refractivity contribution is -0.137.